The first-order chi connectivity index (χ1) is 9.58. The first kappa shape index (κ1) is 14.6. The van der Waals surface area contributed by atoms with Crippen molar-refractivity contribution >= 4 is 11.7 Å². The van der Waals surface area contributed by atoms with E-state index in [2.05, 4.69) is 15.2 Å². The van der Waals surface area contributed by atoms with Gasteiger partial charge in [0.15, 0.2) is 5.84 Å². The van der Waals surface area contributed by atoms with Gasteiger partial charge in [0.1, 0.15) is 5.82 Å². The van der Waals surface area contributed by atoms with Gasteiger partial charge in [-0.15, -0.1) is 0 Å². The number of piperidine rings is 1. The summed E-state index contributed by atoms with van der Waals surface area (Å²) < 4.78 is 7.03. The number of aryl methyl sites for hydroxylation is 2. The Balaban J connectivity index is 2.22. The lowest BCUT2D eigenvalue weighted by Gasteiger charge is -2.33. The van der Waals surface area contributed by atoms with Gasteiger partial charge in [-0.25, -0.2) is 0 Å². The minimum atomic E-state index is 0.115. The maximum absolute atomic E-state index is 8.95. The fraction of sp³-hybridized carbons (Fsp3) is 0.692. The summed E-state index contributed by atoms with van der Waals surface area (Å²) in [5.74, 6) is 1.65. The third-order valence-electron chi connectivity index (χ3n) is 3.87. The second-order valence-corrected chi connectivity index (χ2v) is 5.28. The van der Waals surface area contributed by atoms with Crippen LogP contribution in [0, 0.1) is 12.8 Å². The Bertz CT molecular complexity index is 489. The third kappa shape index (κ3) is 2.72. The molecule has 1 aromatic heterocycles. The van der Waals surface area contributed by atoms with Crippen LogP contribution < -0.4 is 10.6 Å². The summed E-state index contributed by atoms with van der Waals surface area (Å²) in [6.07, 6.45) is 2.15. The molecular formula is C13H23N5O2. The molecule has 0 spiro atoms. The van der Waals surface area contributed by atoms with Crippen LogP contribution >= 0.6 is 0 Å². The van der Waals surface area contributed by atoms with Crippen LogP contribution in [0.4, 0.5) is 5.82 Å². The molecule has 1 aromatic rings. The number of hydrogen-bond donors (Lipinski definition) is 2. The van der Waals surface area contributed by atoms with Crippen molar-refractivity contribution in [3.05, 3.63) is 11.3 Å². The molecule has 0 aliphatic carbocycles. The topological polar surface area (TPSA) is 88.9 Å². The van der Waals surface area contributed by atoms with Gasteiger partial charge in [-0.3, -0.25) is 4.68 Å². The number of oxime groups is 1. The zero-order chi connectivity index (χ0) is 14.7. The molecule has 112 valence electrons. The summed E-state index contributed by atoms with van der Waals surface area (Å²) in [7, 11) is 3.63. The second kappa shape index (κ2) is 6.13. The van der Waals surface area contributed by atoms with Crippen LogP contribution in [0.25, 0.3) is 0 Å². The molecule has 7 heteroatoms. The van der Waals surface area contributed by atoms with Crippen molar-refractivity contribution < 1.29 is 9.94 Å². The fourth-order valence-corrected chi connectivity index (χ4v) is 2.91. The van der Waals surface area contributed by atoms with E-state index in [1.165, 1.54) is 0 Å². The molecule has 2 rings (SSSR count). The highest BCUT2D eigenvalue weighted by Crippen LogP contribution is 2.27. The van der Waals surface area contributed by atoms with E-state index >= 15 is 0 Å². The number of rotatable bonds is 4. The Labute approximate surface area is 119 Å². The van der Waals surface area contributed by atoms with E-state index in [1.54, 1.807) is 11.8 Å². The zero-order valence-electron chi connectivity index (χ0n) is 12.3. The quantitative estimate of drug-likeness (QED) is 0.367. The van der Waals surface area contributed by atoms with Crippen molar-refractivity contribution in [3.8, 4) is 0 Å². The fourth-order valence-electron chi connectivity index (χ4n) is 2.91. The molecule has 2 heterocycles. The molecule has 7 nitrogen and oxygen atoms in total. The molecular weight excluding hydrogens is 258 g/mol. The van der Waals surface area contributed by atoms with E-state index in [-0.39, 0.29) is 5.84 Å². The minimum absolute atomic E-state index is 0.115. The molecule has 1 fully saturated rings. The summed E-state index contributed by atoms with van der Waals surface area (Å²) in [5, 5.41) is 16.5. The first-order valence-corrected chi connectivity index (χ1v) is 6.83. The van der Waals surface area contributed by atoms with Gasteiger partial charge in [-0.2, -0.15) is 5.10 Å². The van der Waals surface area contributed by atoms with E-state index in [4.69, 9.17) is 15.7 Å². The lowest BCUT2D eigenvalue weighted by Crippen LogP contribution is -2.37. The summed E-state index contributed by atoms with van der Waals surface area (Å²) in [5.41, 5.74) is 7.29. The lowest BCUT2D eigenvalue weighted by atomic mass is 9.97. The van der Waals surface area contributed by atoms with Gasteiger partial charge in [-0.05, 0) is 25.7 Å². The van der Waals surface area contributed by atoms with Gasteiger partial charge in [0.05, 0.1) is 11.3 Å². The van der Waals surface area contributed by atoms with Crippen molar-refractivity contribution in [1.29, 1.82) is 0 Å². The molecule has 3 N–H and O–H groups in total. The normalized spacial score (nSPS) is 17.8. The predicted octanol–water partition coefficient (Wildman–Crippen LogP) is 0.686. The molecule has 1 saturated heterocycles. The highest BCUT2D eigenvalue weighted by molar-refractivity contribution is 6.02. The van der Waals surface area contributed by atoms with Crippen LogP contribution in [-0.2, 0) is 11.8 Å². The van der Waals surface area contributed by atoms with Gasteiger partial charge in [-0.1, -0.05) is 5.16 Å². The standard InChI is InChI=1S/C13H23N5O2/c1-9-11(12(14)16-19)13(17(2)15-9)18-6-4-10(5-7-18)8-20-3/h10,19H,4-8H2,1-3H3,(H2,14,16). The minimum Gasteiger partial charge on any atom is -0.409 e. The average Bonchev–Trinajstić information content (AvgIpc) is 2.74. The van der Waals surface area contributed by atoms with E-state index in [9.17, 15) is 0 Å². The molecule has 1 aliphatic rings. The summed E-state index contributed by atoms with van der Waals surface area (Å²) >= 11 is 0. The van der Waals surface area contributed by atoms with Crippen LogP contribution in [0.1, 0.15) is 24.1 Å². The molecule has 0 radical (unpaired) electrons. The molecule has 20 heavy (non-hydrogen) atoms. The van der Waals surface area contributed by atoms with Crippen LogP contribution in [0.3, 0.4) is 0 Å². The van der Waals surface area contributed by atoms with Gasteiger partial charge >= 0.3 is 0 Å². The largest absolute Gasteiger partial charge is 0.409 e. The number of nitrogens with two attached hydrogens (primary N) is 1. The van der Waals surface area contributed by atoms with Crippen molar-refractivity contribution in [1.82, 2.24) is 9.78 Å². The Hall–Kier alpha value is -1.76. The maximum atomic E-state index is 8.95. The number of hydrogen-bond acceptors (Lipinski definition) is 5. The van der Waals surface area contributed by atoms with Crippen molar-refractivity contribution in [3.63, 3.8) is 0 Å². The summed E-state index contributed by atoms with van der Waals surface area (Å²) in [6.45, 7) is 4.54. The highest BCUT2D eigenvalue weighted by Gasteiger charge is 2.26. The maximum Gasteiger partial charge on any atom is 0.175 e. The number of methoxy groups -OCH3 is 1. The van der Waals surface area contributed by atoms with Crippen molar-refractivity contribution in [2.24, 2.45) is 23.9 Å². The lowest BCUT2D eigenvalue weighted by molar-refractivity contribution is 0.139. The molecule has 1 aliphatic heterocycles. The first-order valence-electron chi connectivity index (χ1n) is 6.83. The van der Waals surface area contributed by atoms with Crippen LogP contribution in [0.15, 0.2) is 5.16 Å². The van der Waals surface area contributed by atoms with E-state index in [1.807, 2.05) is 14.0 Å². The van der Waals surface area contributed by atoms with Crippen LogP contribution in [0.2, 0.25) is 0 Å². The van der Waals surface area contributed by atoms with Gasteiger partial charge in [0, 0.05) is 33.9 Å². The molecule has 0 atom stereocenters. The number of anilines is 1. The SMILES string of the molecule is COCC1CCN(c2c(C(N)=NO)c(C)nn2C)CC1. The van der Waals surface area contributed by atoms with Gasteiger partial charge < -0.3 is 20.6 Å². The summed E-state index contributed by atoms with van der Waals surface area (Å²) in [4.78, 5) is 2.25. The average molecular weight is 281 g/mol. The Morgan fingerprint density at radius 3 is 2.70 bits per heavy atom. The number of nitrogens with zero attached hydrogens (tertiary/aromatic N) is 4. The van der Waals surface area contributed by atoms with Crippen molar-refractivity contribution in [2.75, 3.05) is 31.7 Å². The van der Waals surface area contributed by atoms with E-state index in [0.29, 0.717) is 5.92 Å². The van der Waals surface area contributed by atoms with Crippen molar-refractivity contribution in [2.45, 2.75) is 19.8 Å². The highest BCUT2D eigenvalue weighted by atomic mass is 16.5. The Kier molecular flexibility index (Phi) is 4.49. The van der Waals surface area contributed by atoms with Gasteiger partial charge in [0.2, 0.25) is 0 Å². The van der Waals surface area contributed by atoms with Crippen LogP contribution in [0.5, 0.6) is 0 Å². The van der Waals surface area contributed by atoms with E-state index in [0.717, 1.165) is 49.6 Å². The van der Waals surface area contributed by atoms with Crippen LogP contribution in [-0.4, -0.2) is 47.6 Å². The smallest absolute Gasteiger partial charge is 0.175 e. The third-order valence-corrected chi connectivity index (χ3v) is 3.87. The number of aromatic nitrogens is 2. The number of ether oxygens (including phenoxy) is 1. The number of amidine groups is 1. The van der Waals surface area contributed by atoms with Gasteiger partial charge in [0.25, 0.3) is 0 Å². The molecule has 0 bridgehead atoms. The Morgan fingerprint density at radius 1 is 1.50 bits per heavy atom. The molecule has 0 unspecified atom stereocenters. The summed E-state index contributed by atoms with van der Waals surface area (Å²) in [6, 6.07) is 0. The monoisotopic (exact) mass is 281 g/mol. The Morgan fingerprint density at radius 2 is 2.15 bits per heavy atom. The predicted molar refractivity (Wildman–Crippen MR) is 77.3 cm³/mol. The molecule has 0 amide bonds. The zero-order valence-corrected chi connectivity index (χ0v) is 12.3. The second-order valence-electron chi connectivity index (χ2n) is 5.28. The molecule has 0 aromatic carbocycles. The van der Waals surface area contributed by atoms with E-state index < -0.39 is 0 Å². The molecule has 0 saturated carbocycles.